The third-order valence-electron chi connectivity index (χ3n) is 5.93. The monoisotopic (exact) mass is 428 g/mol. The molecule has 0 spiro atoms. The molecule has 5 rings (SSSR count). The van der Waals surface area contributed by atoms with Crippen LogP contribution in [-0.2, 0) is 6.42 Å². The minimum atomic E-state index is -0.633. The number of benzene rings is 2. The van der Waals surface area contributed by atoms with E-state index in [1.54, 1.807) is 12.1 Å². The summed E-state index contributed by atoms with van der Waals surface area (Å²) in [4.78, 5) is 33.0. The smallest absolute Gasteiger partial charge is 0.254 e. The third kappa shape index (κ3) is 3.87. The number of amides is 2. The second-order valence-corrected chi connectivity index (χ2v) is 8.25. The number of hydrogen-bond acceptors (Lipinski definition) is 6. The van der Waals surface area contributed by atoms with Gasteiger partial charge in [-0.25, -0.2) is 4.98 Å². The van der Waals surface area contributed by atoms with Crippen LogP contribution in [0.4, 0.5) is 23.1 Å². The summed E-state index contributed by atoms with van der Waals surface area (Å²) in [6.45, 7) is 2.66. The fourth-order valence-electron chi connectivity index (χ4n) is 4.16. The number of nitrogens with two attached hydrogens (primary N) is 1. The number of aromatic nitrogens is 2. The van der Waals surface area contributed by atoms with E-state index in [0.29, 0.717) is 41.9 Å². The highest BCUT2D eigenvalue weighted by Gasteiger charge is 2.25. The minimum Gasteiger partial charge on any atom is -0.365 e. The Morgan fingerprint density at radius 1 is 1.19 bits per heavy atom. The molecule has 162 valence electrons. The van der Waals surface area contributed by atoms with Crippen molar-refractivity contribution in [2.45, 2.75) is 32.1 Å². The predicted octanol–water partition coefficient (Wildman–Crippen LogP) is 3.53. The summed E-state index contributed by atoms with van der Waals surface area (Å²) >= 11 is 0. The van der Waals surface area contributed by atoms with Crippen molar-refractivity contribution in [3.05, 3.63) is 70.4 Å². The zero-order valence-electron chi connectivity index (χ0n) is 17.7. The van der Waals surface area contributed by atoms with E-state index in [-0.39, 0.29) is 11.5 Å². The molecule has 2 aliphatic rings. The molecule has 3 aromatic rings. The lowest BCUT2D eigenvalue weighted by atomic mass is 9.98. The summed E-state index contributed by atoms with van der Waals surface area (Å²) in [6.07, 6.45) is 4.60. The van der Waals surface area contributed by atoms with Crippen molar-refractivity contribution >= 4 is 35.0 Å². The molecule has 2 heterocycles. The van der Waals surface area contributed by atoms with Gasteiger partial charge in [0.2, 0.25) is 5.95 Å². The lowest BCUT2D eigenvalue weighted by Crippen LogP contribution is -2.32. The molecule has 0 atom stereocenters. The zero-order chi connectivity index (χ0) is 22.2. The van der Waals surface area contributed by atoms with Gasteiger partial charge in [-0.1, -0.05) is 12.1 Å². The van der Waals surface area contributed by atoms with Crippen molar-refractivity contribution in [3.8, 4) is 0 Å². The second-order valence-electron chi connectivity index (χ2n) is 8.25. The van der Waals surface area contributed by atoms with Gasteiger partial charge in [0, 0.05) is 29.7 Å². The van der Waals surface area contributed by atoms with E-state index < -0.39 is 5.91 Å². The number of hydrogen-bond donors (Lipinski definition) is 4. The van der Waals surface area contributed by atoms with Gasteiger partial charge < -0.3 is 21.7 Å². The minimum absolute atomic E-state index is 0.111. The molecular formula is C24H24N6O2. The van der Waals surface area contributed by atoms with Crippen molar-refractivity contribution < 1.29 is 9.59 Å². The molecule has 1 fully saturated rings. The van der Waals surface area contributed by atoms with Gasteiger partial charge in [-0.15, -0.1) is 0 Å². The summed E-state index contributed by atoms with van der Waals surface area (Å²) in [5, 5.41) is 9.25. The largest absolute Gasteiger partial charge is 0.365 e. The SMILES string of the molecule is Cc1cc(Nc2ncc(C(N)=O)c(Nc3cccc4c3CCNC4=O)n2)ccc1C1CC1. The molecule has 1 aromatic heterocycles. The Labute approximate surface area is 185 Å². The van der Waals surface area contributed by atoms with E-state index in [2.05, 4.69) is 45.0 Å². The highest BCUT2D eigenvalue weighted by molar-refractivity contribution is 6.00. The highest BCUT2D eigenvalue weighted by atomic mass is 16.2. The Bertz CT molecular complexity index is 1240. The molecular weight excluding hydrogens is 404 g/mol. The number of aryl methyl sites for hydroxylation is 1. The first-order valence-corrected chi connectivity index (χ1v) is 10.7. The van der Waals surface area contributed by atoms with Crippen molar-refractivity contribution in [2.24, 2.45) is 5.73 Å². The Morgan fingerprint density at radius 3 is 2.78 bits per heavy atom. The van der Waals surface area contributed by atoms with Crippen LogP contribution in [0.5, 0.6) is 0 Å². The molecule has 0 unspecified atom stereocenters. The van der Waals surface area contributed by atoms with Gasteiger partial charge in [0.25, 0.3) is 11.8 Å². The molecule has 8 heteroatoms. The van der Waals surface area contributed by atoms with Crippen LogP contribution in [-0.4, -0.2) is 28.3 Å². The Hall–Kier alpha value is -3.94. The first-order valence-electron chi connectivity index (χ1n) is 10.7. The summed E-state index contributed by atoms with van der Waals surface area (Å²) < 4.78 is 0. The van der Waals surface area contributed by atoms with E-state index in [9.17, 15) is 9.59 Å². The van der Waals surface area contributed by atoms with Crippen molar-refractivity contribution in [3.63, 3.8) is 0 Å². The zero-order valence-corrected chi connectivity index (χ0v) is 17.7. The number of fused-ring (bicyclic) bond motifs is 1. The molecule has 0 saturated heterocycles. The Kier molecular flexibility index (Phi) is 4.97. The number of nitrogens with zero attached hydrogens (tertiary/aromatic N) is 2. The molecule has 5 N–H and O–H groups in total. The van der Waals surface area contributed by atoms with Crippen LogP contribution < -0.4 is 21.7 Å². The number of carbonyl (C=O) groups is 2. The van der Waals surface area contributed by atoms with Gasteiger partial charge in [-0.05, 0) is 73.1 Å². The van der Waals surface area contributed by atoms with E-state index in [1.165, 1.54) is 30.2 Å². The fraction of sp³-hybridized carbons (Fsp3) is 0.250. The van der Waals surface area contributed by atoms with Crippen LogP contribution >= 0.6 is 0 Å². The molecule has 0 bridgehead atoms. The quantitative estimate of drug-likeness (QED) is 0.476. The Balaban J connectivity index is 1.45. The fourth-order valence-corrected chi connectivity index (χ4v) is 4.16. The molecule has 0 radical (unpaired) electrons. The predicted molar refractivity (Wildman–Crippen MR) is 123 cm³/mol. The van der Waals surface area contributed by atoms with Gasteiger partial charge in [-0.3, -0.25) is 9.59 Å². The molecule has 8 nitrogen and oxygen atoms in total. The van der Waals surface area contributed by atoms with E-state index >= 15 is 0 Å². The number of rotatable bonds is 6. The summed E-state index contributed by atoms with van der Waals surface area (Å²) in [5.74, 6) is 0.579. The van der Waals surface area contributed by atoms with Crippen molar-refractivity contribution in [1.82, 2.24) is 15.3 Å². The lowest BCUT2D eigenvalue weighted by Gasteiger charge is -2.20. The average molecular weight is 428 g/mol. The number of anilines is 4. The van der Waals surface area contributed by atoms with E-state index in [4.69, 9.17) is 5.73 Å². The molecule has 1 saturated carbocycles. The first-order chi connectivity index (χ1) is 15.5. The van der Waals surface area contributed by atoms with Gasteiger partial charge in [0.05, 0.1) is 0 Å². The molecule has 2 aromatic carbocycles. The second kappa shape index (κ2) is 7.96. The van der Waals surface area contributed by atoms with Crippen LogP contribution in [0.2, 0.25) is 0 Å². The van der Waals surface area contributed by atoms with Crippen molar-refractivity contribution in [1.29, 1.82) is 0 Å². The lowest BCUT2D eigenvalue weighted by molar-refractivity contribution is 0.0944. The molecule has 1 aliphatic heterocycles. The third-order valence-corrected chi connectivity index (χ3v) is 5.93. The van der Waals surface area contributed by atoms with E-state index in [0.717, 1.165) is 11.3 Å². The van der Waals surface area contributed by atoms with Crippen LogP contribution in [0.3, 0.4) is 0 Å². The van der Waals surface area contributed by atoms with Crippen LogP contribution in [0.1, 0.15) is 56.2 Å². The normalized spacial score (nSPS) is 15.0. The Morgan fingerprint density at radius 2 is 2.03 bits per heavy atom. The van der Waals surface area contributed by atoms with Gasteiger partial charge in [0.1, 0.15) is 11.4 Å². The maximum Gasteiger partial charge on any atom is 0.254 e. The van der Waals surface area contributed by atoms with Gasteiger partial charge in [-0.2, -0.15) is 4.98 Å². The number of carbonyl (C=O) groups excluding carboxylic acids is 2. The highest BCUT2D eigenvalue weighted by Crippen LogP contribution is 2.42. The van der Waals surface area contributed by atoms with Crippen LogP contribution in [0, 0.1) is 6.92 Å². The molecule has 1 aliphatic carbocycles. The summed E-state index contributed by atoms with van der Waals surface area (Å²) in [5.41, 5.74) is 11.4. The van der Waals surface area contributed by atoms with E-state index in [1.807, 2.05) is 12.1 Å². The maximum atomic E-state index is 12.2. The van der Waals surface area contributed by atoms with Gasteiger partial charge >= 0.3 is 0 Å². The van der Waals surface area contributed by atoms with Gasteiger partial charge in [0.15, 0.2) is 0 Å². The molecule has 2 amide bonds. The van der Waals surface area contributed by atoms with Crippen LogP contribution in [0.25, 0.3) is 0 Å². The standard InChI is InChI=1S/C24H24N6O2/c1-13-11-15(7-8-16(13)14-5-6-14)28-24-27-12-19(21(25)31)22(30-24)29-20-4-2-3-18-17(20)9-10-26-23(18)32/h2-4,7-8,11-12,14H,5-6,9-10H2,1H3,(H2,25,31)(H,26,32)(H2,27,28,29,30). The van der Waals surface area contributed by atoms with Crippen molar-refractivity contribution in [2.75, 3.05) is 17.2 Å². The van der Waals surface area contributed by atoms with Crippen LogP contribution in [0.15, 0.2) is 42.6 Å². The number of primary amides is 1. The topological polar surface area (TPSA) is 122 Å². The summed E-state index contributed by atoms with van der Waals surface area (Å²) in [6, 6.07) is 11.7. The summed E-state index contributed by atoms with van der Waals surface area (Å²) in [7, 11) is 0. The first kappa shape index (κ1) is 20.0. The molecule has 32 heavy (non-hydrogen) atoms. The maximum absolute atomic E-state index is 12.2. The average Bonchev–Trinajstić information content (AvgIpc) is 3.60. The number of nitrogens with one attached hydrogen (secondary N) is 3.